The lowest BCUT2D eigenvalue weighted by Gasteiger charge is -2.25. The Labute approximate surface area is 95.1 Å². The zero-order chi connectivity index (χ0) is 12.7. The van der Waals surface area contributed by atoms with Crippen LogP contribution in [0.25, 0.3) is 0 Å². The lowest BCUT2D eigenvalue weighted by molar-refractivity contribution is 0.336. The van der Waals surface area contributed by atoms with Crippen molar-refractivity contribution in [2.45, 2.75) is 33.1 Å². The first-order chi connectivity index (χ1) is 7.21. The molecule has 0 bridgehead atoms. The van der Waals surface area contributed by atoms with E-state index in [0.717, 1.165) is 0 Å². The molecule has 0 aliphatic carbocycles. The maximum atomic E-state index is 9.86. The number of benzene rings is 1. The third kappa shape index (κ3) is 1.75. The van der Waals surface area contributed by atoms with Gasteiger partial charge in [-0.3, -0.25) is 0 Å². The molecule has 0 aromatic heterocycles. The molecule has 0 amide bonds. The predicted molar refractivity (Wildman–Crippen MR) is 61.4 cm³/mol. The molecule has 16 heavy (non-hydrogen) atoms. The molecule has 0 saturated carbocycles. The normalized spacial score (nSPS) is 11.6. The van der Waals surface area contributed by atoms with Crippen molar-refractivity contribution in [2.24, 2.45) is 0 Å². The fourth-order valence-corrected chi connectivity index (χ4v) is 1.76. The Bertz CT molecular complexity index is 416. The maximum absolute atomic E-state index is 9.86. The average Bonchev–Trinajstić information content (AvgIpc) is 2.18. The van der Waals surface area contributed by atoms with Crippen molar-refractivity contribution in [2.75, 3.05) is 7.11 Å². The molecular formula is C12H18O4. The van der Waals surface area contributed by atoms with Crippen LogP contribution in [0.3, 0.4) is 0 Å². The van der Waals surface area contributed by atoms with E-state index in [4.69, 9.17) is 4.74 Å². The zero-order valence-electron chi connectivity index (χ0n) is 10.2. The largest absolute Gasteiger partial charge is 0.504 e. The molecule has 0 aliphatic heterocycles. The highest BCUT2D eigenvalue weighted by molar-refractivity contribution is 5.66. The molecule has 1 aromatic rings. The Kier molecular flexibility index (Phi) is 2.95. The van der Waals surface area contributed by atoms with Crippen molar-refractivity contribution in [3.63, 3.8) is 0 Å². The summed E-state index contributed by atoms with van der Waals surface area (Å²) in [4.78, 5) is 0. The number of phenols is 3. The Morgan fingerprint density at radius 1 is 0.938 bits per heavy atom. The fraction of sp³-hybridized carbons (Fsp3) is 0.500. The van der Waals surface area contributed by atoms with Gasteiger partial charge in [0.1, 0.15) is 5.75 Å². The second kappa shape index (κ2) is 3.77. The summed E-state index contributed by atoms with van der Waals surface area (Å²) >= 11 is 0. The number of phenolic OH excluding ortho intramolecular Hbond substituents is 3. The molecule has 3 N–H and O–H groups in total. The molecule has 0 atom stereocenters. The van der Waals surface area contributed by atoms with Crippen LogP contribution in [0, 0.1) is 6.92 Å². The number of rotatable bonds is 1. The minimum absolute atomic E-state index is 0.326. The third-order valence-electron chi connectivity index (χ3n) is 2.56. The van der Waals surface area contributed by atoms with E-state index in [1.807, 2.05) is 20.8 Å². The van der Waals surface area contributed by atoms with E-state index < -0.39 is 11.2 Å². The number of ether oxygens (including phenoxy) is 1. The second-order valence-electron chi connectivity index (χ2n) is 4.83. The summed E-state index contributed by atoms with van der Waals surface area (Å²) in [5, 5.41) is 29.1. The van der Waals surface area contributed by atoms with Gasteiger partial charge in [0.15, 0.2) is 11.5 Å². The summed E-state index contributed by atoms with van der Waals surface area (Å²) in [5.74, 6) is -0.765. The van der Waals surface area contributed by atoms with Gasteiger partial charge >= 0.3 is 0 Å². The predicted octanol–water partition coefficient (Wildman–Crippen LogP) is 2.42. The van der Waals surface area contributed by atoms with E-state index in [9.17, 15) is 15.3 Å². The lowest BCUT2D eigenvalue weighted by atomic mass is 9.84. The molecule has 0 heterocycles. The van der Waals surface area contributed by atoms with Gasteiger partial charge in [0.2, 0.25) is 5.75 Å². The monoisotopic (exact) mass is 226 g/mol. The highest BCUT2D eigenvalue weighted by Crippen LogP contribution is 2.50. The van der Waals surface area contributed by atoms with Crippen molar-refractivity contribution in [1.29, 1.82) is 0 Å². The SMILES string of the molecule is COc1c(C)c(O)c(O)c(O)c1C(C)(C)C. The quantitative estimate of drug-likeness (QED) is 0.643. The molecule has 0 fully saturated rings. The van der Waals surface area contributed by atoms with Crippen molar-refractivity contribution in [3.8, 4) is 23.0 Å². The van der Waals surface area contributed by atoms with Gasteiger partial charge in [0.05, 0.1) is 7.11 Å². The molecule has 4 nitrogen and oxygen atoms in total. The van der Waals surface area contributed by atoms with E-state index in [-0.39, 0.29) is 11.5 Å². The Hall–Kier alpha value is -1.58. The first-order valence-corrected chi connectivity index (χ1v) is 5.03. The maximum Gasteiger partial charge on any atom is 0.201 e. The summed E-state index contributed by atoms with van der Waals surface area (Å²) in [6, 6.07) is 0. The second-order valence-corrected chi connectivity index (χ2v) is 4.83. The summed E-state index contributed by atoms with van der Waals surface area (Å²) in [7, 11) is 1.47. The molecular weight excluding hydrogens is 208 g/mol. The summed E-state index contributed by atoms with van der Waals surface area (Å²) < 4.78 is 5.19. The van der Waals surface area contributed by atoms with Crippen LogP contribution in [-0.4, -0.2) is 22.4 Å². The van der Waals surface area contributed by atoms with Crippen LogP contribution in [0.5, 0.6) is 23.0 Å². The van der Waals surface area contributed by atoms with E-state index in [1.54, 1.807) is 6.92 Å². The van der Waals surface area contributed by atoms with Crippen molar-refractivity contribution in [1.82, 2.24) is 0 Å². The number of methoxy groups -OCH3 is 1. The van der Waals surface area contributed by atoms with Gasteiger partial charge in [0, 0.05) is 11.1 Å². The van der Waals surface area contributed by atoms with Gasteiger partial charge in [-0.2, -0.15) is 0 Å². The number of hydrogen-bond acceptors (Lipinski definition) is 4. The fourth-order valence-electron chi connectivity index (χ4n) is 1.76. The number of hydrogen-bond donors (Lipinski definition) is 3. The first kappa shape index (κ1) is 12.5. The molecule has 4 heteroatoms. The van der Waals surface area contributed by atoms with Crippen molar-refractivity contribution in [3.05, 3.63) is 11.1 Å². The van der Waals surface area contributed by atoms with Crippen LogP contribution in [-0.2, 0) is 5.41 Å². The van der Waals surface area contributed by atoms with E-state index >= 15 is 0 Å². The van der Waals surface area contributed by atoms with E-state index in [2.05, 4.69) is 0 Å². The van der Waals surface area contributed by atoms with Gasteiger partial charge < -0.3 is 20.1 Å². The van der Waals surface area contributed by atoms with Crippen LogP contribution in [0.1, 0.15) is 31.9 Å². The van der Waals surface area contributed by atoms with Crippen LogP contribution in [0.4, 0.5) is 0 Å². The summed E-state index contributed by atoms with van der Waals surface area (Å²) in [6.07, 6.45) is 0. The number of aromatic hydroxyl groups is 3. The molecule has 0 unspecified atom stereocenters. The van der Waals surface area contributed by atoms with Crippen LogP contribution in [0.15, 0.2) is 0 Å². The molecule has 0 spiro atoms. The first-order valence-electron chi connectivity index (χ1n) is 5.03. The lowest BCUT2D eigenvalue weighted by Crippen LogP contribution is -2.14. The smallest absolute Gasteiger partial charge is 0.201 e. The highest BCUT2D eigenvalue weighted by Gasteiger charge is 2.29. The standard InChI is InChI=1S/C12H18O4/c1-6-8(13)10(15)9(14)7(11(6)16-5)12(2,3)4/h13-15H,1-5H3. The Morgan fingerprint density at radius 2 is 1.44 bits per heavy atom. The Balaban J connectivity index is 3.72. The zero-order valence-corrected chi connectivity index (χ0v) is 10.2. The van der Waals surface area contributed by atoms with Crippen LogP contribution in [0.2, 0.25) is 0 Å². The molecule has 90 valence electrons. The van der Waals surface area contributed by atoms with E-state index in [1.165, 1.54) is 7.11 Å². The molecule has 0 saturated heterocycles. The van der Waals surface area contributed by atoms with Gasteiger partial charge in [-0.25, -0.2) is 0 Å². The highest BCUT2D eigenvalue weighted by atomic mass is 16.5. The summed E-state index contributed by atoms with van der Waals surface area (Å²) in [5.41, 5.74) is 0.510. The van der Waals surface area contributed by atoms with Gasteiger partial charge in [0.25, 0.3) is 0 Å². The topological polar surface area (TPSA) is 69.9 Å². The van der Waals surface area contributed by atoms with Crippen LogP contribution < -0.4 is 4.74 Å². The Morgan fingerprint density at radius 3 is 1.81 bits per heavy atom. The minimum Gasteiger partial charge on any atom is -0.504 e. The molecule has 0 aliphatic rings. The van der Waals surface area contributed by atoms with E-state index in [0.29, 0.717) is 16.9 Å². The van der Waals surface area contributed by atoms with Crippen molar-refractivity contribution >= 4 is 0 Å². The van der Waals surface area contributed by atoms with Crippen LogP contribution >= 0.6 is 0 Å². The third-order valence-corrected chi connectivity index (χ3v) is 2.56. The average molecular weight is 226 g/mol. The van der Waals surface area contributed by atoms with Gasteiger partial charge in [-0.15, -0.1) is 0 Å². The van der Waals surface area contributed by atoms with Crippen molar-refractivity contribution < 1.29 is 20.1 Å². The minimum atomic E-state index is -0.497. The van der Waals surface area contributed by atoms with Gasteiger partial charge in [-0.1, -0.05) is 20.8 Å². The molecule has 1 aromatic carbocycles. The summed E-state index contributed by atoms with van der Waals surface area (Å²) in [6.45, 7) is 7.30. The molecule has 1 rings (SSSR count). The molecule has 0 radical (unpaired) electrons. The van der Waals surface area contributed by atoms with Gasteiger partial charge in [-0.05, 0) is 12.3 Å².